The second-order valence-corrected chi connectivity index (χ2v) is 9.34. The minimum Gasteiger partial charge on any atom is -0.482 e. The molecule has 0 aliphatic carbocycles. The number of para-hydroxylation sites is 3. The van der Waals surface area contributed by atoms with Crippen LogP contribution in [-0.4, -0.2) is 32.8 Å². The number of halogens is 1. The highest BCUT2D eigenvalue weighted by molar-refractivity contribution is 8.00. The Kier molecular flexibility index (Phi) is 6.12. The number of fused-ring (bicyclic) bond motifs is 1. The molecule has 0 spiro atoms. The predicted molar refractivity (Wildman–Crippen MR) is 122 cm³/mol. The van der Waals surface area contributed by atoms with E-state index < -0.39 is 10.8 Å². The number of amides is 2. The monoisotopic (exact) mass is 472 g/mol. The lowest BCUT2D eigenvalue weighted by atomic mass is 9.96. The van der Waals surface area contributed by atoms with Crippen molar-refractivity contribution in [2.45, 2.75) is 43.4 Å². The Morgan fingerprint density at radius 3 is 2.72 bits per heavy atom. The third-order valence-corrected chi connectivity index (χ3v) is 6.22. The molecule has 1 atom stereocenters. The summed E-state index contributed by atoms with van der Waals surface area (Å²) in [7, 11) is 0. The van der Waals surface area contributed by atoms with Gasteiger partial charge in [-0.2, -0.15) is 0 Å². The van der Waals surface area contributed by atoms with Crippen molar-refractivity contribution in [2.75, 3.05) is 10.2 Å². The summed E-state index contributed by atoms with van der Waals surface area (Å²) in [6, 6.07) is 14.3. The number of hydrogen-bond acceptors (Lipinski definition) is 7. The van der Waals surface area contributed by atoms with E-state index in [4.69, 9.17) is 20.8 Å². The molecule has 0 saturated heterocycles. The molecule has 2 aromatic carbocycles. The number of carbonyl (C=O) groups is 2. The first-order chi connectivity index (χ1) is 15.3. The van der Waals surface area contributed by atoms with Gasteiger partial charge in [0.1, 0.15) is 11.3 Å². The van der Waals surface area contributed by atoms with E-state index in [2.05, 4.69) is 15.5 Å². The van der Waals surface area contributed by atoms with E-state index in [1.807, 2.05) is 24.3 Å². The number of anilines is 2. The summed E-state index contributed by atoms with van der Waals surface area (Å²) in [5, 5.41) is 11.0. The van der Waals surface area contributed by atoms with Crippen LogP contribution in [-0.2, 0) is 16.2 Å². The molecular weight excluding hydrogens is 452 g/mol. The smallest absolute Gasteiger partial charge is 0.277 e. The largest absolute Gasteiger partial charge is 0.482 e. The van der Waals surface area contributed by atoms with Crippen molar-refractivity contribution in [3.63, 3.8) is 0 Å². The minimum absolute atomic E-state index is 0.0479. The second kappa shape index (κ2) is 8.84. The van der Waals surface area contributed by atoms with E-state index in [1.165, 1.54) is 4.90 Å². The number of aromatic nitrogens is 2. The number of hydrogen-bond donors (Lipinski definition) is 1. The lowest BCUT2D eigenvalue weighted by Crippen LogP contribution is -2.60. The molecular formula is C22H21ClN4O4S. The van der Waals surface area contributed by atoms with Crippen LogP contribution < -0.4 is 15.0 Å². The number of nitrogens with zero attached hydrogens (tertiary/aromatic N) is 3. The Labute approximate surface area is 194 Å². The summed E-state index contributed by atoms with van der Waals surface area (Å²) >= 11 is 7.20. The van der Waals surface area contributed by atoms with Crippen LogP contribution in [0, 0.1) is 0 Å². The number of nitrogens with one attached hydrogen (secondary N) is 1. The van der Waals surface area contributed by atoms with Crippen LogP contribution >= 0.6 is 23.4 Å². The standard InChI is InChI=1S/C22H21ClN4O4S/c1-13(19(28)27-16-10-6-5-9-15(16)24-20(29)22(27,2)3)32-21-26-25-18(31-21)12-30-17-11-7-4-8-14(17)23/h4-11,13H,12H2,1-3H3,(H,24,29). The van der Waals surface area contributed by atoms with Gasteiger partial charge in [0.2, 0.25) is 11.8 Å². The van der Waals surface area contributed by atoms with Gasteiger partial charge < -0.3 is 14.5 Å². The highest BCUT2D eigenvalue weighted by Crippen LogP contribution is 2.38. The number of carbonyl (C=O) groups excluding carboxylic acids is 2. The van der Waals surface area contributed by atoms with Crippen molar-refractivity contribution in [3.05, 3.63) is 59.4 Å². The van der Waals surface area contributed by atoms with E-state index in [0.717, 1.165) is 11.8 Å². The van der Waals surface area contributed by atoms with Gasteiger partial charge in [-0.25, -0.2) is 0 Å². The molecule has 1 unspecified atom stereocenters. The molecule has 2 amide bonds. The van der Waals surface area contributed by atoms with Crippen LogP contribution in [0.2, 0.25) is 5.02 Å². The molecule has 3 aromatic rings. The highest BCUT2D eigenvalue weighted by atomic mass is 35.5. The first-order valence-corrected chi connectivity index (χ1v) is 11.1. The Hall–Kier alpha value is -3.04. The normalized spacial score (nSPS) is 15.6. The van der Waals surface area contributed by atoms with Gasteiger partial charge in [0.05, 0.1) is 21.6 Å². The van der Waals surface area contributed by atoms with E-state index in [9.17, 15) is 9.59 Å². The zero-order valence-electron chi connectivity index (χ0n) is 17.7. The van der Waals surface area contributed by atoms with E-state index in [0.29, 0.717) is 22.1 Å². The fraction of sp³-hybridized carbons (Fsp3) is 0.273. The molecule has 0 radical (unpaired) electrons. The summed E-state index contributed by atoms with van der Waals surface area (Å²) in [4.78, 5) is 27.5. The molecule has 0 saturated carbocycles. The Morgan fingerprint density at radius 2 is 1.94 bits per heavy atom. The molecule has 1 aromatic heterocycles. The highest BCUT2D eigenvalue weighted by Gasteiger charge is 2.45. The van der Waals surface area contributed by atoms with Gasteiger partial charge in [-0.05, 0) is 45.0 Å². The zero-order chi connectivity index (χ0) is 22.9. The lowest BCUT2D eigenvalue weighted by molar-refractivity contribution is -0.126. The first-order valence-electron chi connectivity index (χ1n) is 9.88. The first kappa shape index (κ1) is 22.2. The Bertz CT molecular complexity index is 1170. The van der Waals surface area contributed by atoms with Crippen molar-refractivity contribution in [1.29, 1.82) is 0 Å². The summed E-state index contributed by atoms with van der Waals surface area (Å²) in [6.07, 6.45) is 0. The van der Waals surface area contributed by atoms with Gasteiger partial charge in [-0.15, -0.1) is 10.2 Å². The van der Waals surface area contributed by atoms with Crippen molar-refractivity contribution in [3.8, 4) is 5.75 Å². The molecule has 32 heavy (non-hydrogen) atoms. The minimum atomic E-state index is -1.05. The number of benzene rings is 2. The fourth-order valence-corrected chi connectivity index (χ4v) is 4.21. The predicted octanol–water partition coefficient (Wildman–Crippen LogP) is 4.55. The molecule has 1 aliphatic heterocycles. The number of rotatable bonds is 6. The third kappa shape index (κ3) is 4.31. The van der Waals surface area contributed by atoms with Crippen LogP contribution in [0.5, 0.6) is 5.75 Å². The summed E-state index contributed by atoms with van der Waals surface area (Å²) < 4.78 is 11.2. The maximum atomic E-state index is 13.4. The number of thioether (sulfide) groups is 1. The molecule has 10 heteroatoms. The maximum Gasteiger partial charge on any atom is 0.277 e. The van der Waals surface area contributed by atoms with Gasteiger partial charge >= 0.3 is 0 Å². The fourth-order valence-electron chi connectivity index (χ4n) is 3.28. The lowest BCUT2D eigenvalue weighted by Gasteiger charge is -2.42. The molecule has 2 heterocycles. The molecule has 8 nitrogen and oxygen atoms in total. The zero-order valence-corrected chi connectivity index (χ0v) is 19.2. The number of ether oxygens (including phenoxy) is 1. The summed E-state index contributed by atoms with van der Waals surface area (Å²) in [5.41, 5.74) is 0.191. The van der Waals surface area contributed by atoms with Crippen LogP contribution in [0.15, 0.2) is 58.2 Å². The molecule has 1 N–H and O–H groups in total. The molecule has 1 aliphatic rings. The van der Waals surface area contributed by atoms with Crippen LogP contribution in [0.1, 0.15) is 26.7 Å². The van der Waals surface area contributed by atoms with Crippen molar-refractivity contribution >= 4 is 46.6 Å². The van der Waals surface area contributed by atoms with E-state index in [1.54, 1.807) is 45.0 Å². The van der Waals surface area contributed by atoms with Gasteiger partial charge in [-0.3, -0.25) is 14.5 Å². The summed E-state index contributed by atoms with van der Waals surface area (Å²) in [6.45, 7) is 5.21. The van der Waals surface area contributed by atoms with E-state index in [-0.39, 0.29) is 29.5 Å². The molecule has 166 valence electrons. The van der Waals surface area contributed by atoms with Crippen LogP contribution in [0.25, 0.3) is 0 Å². The van der Waals surface area contributed by atoms with Gasteiger partial charge in [0.25, 0.3) is 11.1 Å². The Morgan fingerprint density at radius 1 is 1.22 bits per heavy atom. The van der Waals surface area contributed by atoms with Gasteiger partial charge in [0.15, 0.2) is 6.61 Å². The SMILES string of the molecule is CC(Sc1nnc(COc2ccccc2Cl)o1)C(=O)N1c2ccccc2NC(=O)C1(C)C. The van der Waals surface area contributed by atoms with E-state index >= 15 is 0 Å². The summed E-state index contributed by atoms with van der Waals surface area (Å²) in [5.74, 6) is 0.275. The Balaban J connectivity index is 1.46. The van der Waals surface area contributed by atoms with Gasteiger partial charge in [-0.1, -0.05) is 47.6 Å². The third-order valence-electron chi connectivity index (χ3n) is 4.99. The molecule has 4 rings (SSSR count). The molecule has 0 bridgehead atoms. The second-order valence-electron chi connectivity index (χ2n) is 7.64. The quantitative estimate of drug-likeness (QED) is 0.525. The average Bonchev–Trinajstić information content (AvgIpc) is 3.21. The van der Waals surface area contributed by atoms with Crippen LogP contribution in [0.3, 0.4) is 0 Å². The molecule has 0 fully saturated rings. The van der Waals surface area contributed by atoms with Crippen molar-refractivity contribution in [2.24, 2.45) is 0 Å². The van der Waals surface area contributed by atoms with Crippen molar-refractivity contribution in [1.82, 2.24) is 10.2 Å². The van der Waals surface area contributed by atoms with Crippen molar-refractivity contribution < 1.29 is 18.7 Å². The average molecular weight is 473 g/mol. The maximum absolute atomic E-state index is 13.4. The van der Waals surface area contributed by atoms with Crippen LogP contribution in [0.4, 0.5) is 11.4 Å². The topological polar surface area (TPSA) is 97.6 Å². The van der Waals surface area contributed by atoms with Gasteiger partial charge in [0, 0.05) is 0 Å².